The van der Waals surface area contributed by atoms with Crippen LogP contribution in [-0.2, 0) is 13.1 Å². The Kier molecular flexibility index (Phi) is 8.84. The van der Waals surface area contributed by atoms with Crippen molar-refractivity contribution >= 4 is 34.2 Å². The minimum absolute atomic E-state index is 0. The molecule has 0 spiro atoms. The summed E-state index contributed by atoms with van der Waals surface area (Å²) in [5.74, 6) is -0.206. The van der Waals surface area contributed by atoms with Gasteiger partial charge in [-0.05, 0) is 69.4 Å². The minimum Gasteiger partial charge on any atom is -0.334 e. The largest absolute Gasteiger partial charge is 0.334 e. The predicted octanol–water partition coefficient (Wildman–Crippen LogP) is 5.93. The van der Waals surface area contributed by atoms with Gasteiger partial charge in [-0.1, -0.05) is 44.2 Å². The molecule has 0 atom stereocenters. The number of nitrogens with zero attached hydrogens (tertiary/aromatic N) is 3. The van der Waals surface area contributed by atoms with Gasteiger partial charge in [0.1, 0.15) is 5.82 Å². The lowest BCUT2D eigenvalue weighted by atomic mass is 10.1. The summed E-state index contributed by atoms with van der Waals surface area (Å²) in [6.45, 7) is 12.3. The van der Waals surface area contributed by atoms with Gasteiger partial charge in [-0.25, -0.2) is 4.39 Å². The molecule has 0 amide bonds. The number of pyridine rings is 1. The average molecular weight is 469 g/mol. The third-order valence-electron chi connectivity index (χ3n) is 6.26. The van der Waals surface area contributed by atoms with E-state index in [2.05, 4.69) is 65.9 Å². The van der Waals surface area contributed by atoms with Gasteiger partial charge in [0.2, 0.25) is 0 Å². The van der Waals surface area contributed by atoms with E-state index in [9.17, 15) is 4.39 Å². The molecule has 0 radical (unpaired) electrons. The van der Waals surface area contributed by atoms with E-state index < -0.39 is 0 Å². The van der Waals surface area contributed by atoms with Gasteiger partial charge < -0.3 is 14.8 Å². The summed E-state index contributed by atoms with van der Waals surface area (Å²) in [6.07, 6.45) is 1.14. The van der Waals surface area contributed by atoms with Crippen LogP contribution in [0.2, 0.25) is 0 Å². The summed E-state index contributed by atoms with van der Waals surface area (Å²) in [5, 5.41) is 6.03. The first-order valence-electron chi connectivity index (χ1n) is 11.7. The first-order valence-corrected chi connectivity index (χ1v) is 11.7. The second kappa shape index (κ2) is 11.6. The fourth-order valence-electron chi connectivity index (χ4n) is 4.54. The molecule has 2 aromatic carbocycles. The van der Waals surface area contributed by atoms with Gasteiger partial charge >= 0.3 is 0 Å². The first-order chi connectivity index (χ1) is 15.6. The quantitative estimate of drug-likeness (QED) is 0.293. The highest BCUT2D eigenvalue weighted by molar-refractivity contribution is 6.08. The molecule has 4 rings (SSSR count). The molecule has 2 heterocycles. The standard InChI is InChI=1S/C27H33FN4.ClH/c1-4-31(5-2)16-8-15-29-18-23-17-25-24-9-6-7-10-26(24)32(27(25)20(3)30-23)19-21-11-13-22(28)14-12-21;/h6-7,9-14,17,29H,4-5,8,15-16,18-19H2,1-3H3;1H. The molecule has 4 nitrogen and oxygen atoms in total. The normalized spacial score (nSPS) is 11.4. The van der Waals surface area contributed by atoms with Crippen LogP contribution >= 0.6 is 12.4 Å². The topological polar surface area (TPSA) is 33.1 Å². The van der Waals surface area contributed by atoms with Gasteiger partial charge in [0.05, 0.1) is 16.9 Å². The zero-order valence-electron chi connectivity index (χ0n) is 19.8. The number of fused-ring (bicyclic) bond motifs is 3. The molecule has 2 aromatic heterocycles. The molecule has 0 saturated heterocycles. The molecular weight excluding hydrogens is 435 g/mol. The number of rotatable bonds is 10. The van der Waals surface area contributed by atoms with E-state index in [1.54, 1.807) is 0 Å². The molecule has 0 bridgehead atoms. The maximum Gasteiger partial charge on any atom is 0.123 e. The fraction of sp³-hybridized carbons (Fsp3) is 0.370. The Hall–Kier alpha value is -2.47. The van der Waals surface area contributed by atoms with Crippen molar-refractivity contribution in [2.45, 2.75) is 40.3 Å². The number of para-hydroxylation sites is 1. The average Bonchev–Trinajstić information content (AvgIpc) is 3.12. The molecule has 0 aliphatic heterocycles. The first kappa shape index (κ1) is 25.2. The second-order valence-corrected chi connectivity index (χ2v) is 8.38. The maximum absolute atomic E-state index is 13.4. The van der Waals surface area contributed by atoms with Crippen molar-refractivity contribution in [3.8, 4) is 0 Å². The van der Waals surface area contributed by atoms with Crippen molar-refractivity contribution in [1.29, 1.82) is 0 Å². The van der Waals surface area contributed by atoms with E-state index >= 15 is 0 Å². The molecular formula is C27H34ClFN4. The molecule has 4 aromatic rings. The van der Waals surface area contributed by atoms with Crippen LogP contribution in [0.5, 0.6) is 0 Å². The van der Waals surface area contributed by atoms with Crippen LogP contribution in [0.15, 0.2) is 54.6 Å². The fourth-order valence-corrected chi connectivity index (χ4v) is 4.54. The number of nitrogens with one attached hydrogen (secondary N) is 1. The third kappa shape index (κ3) is 5.72. The van der Waals surface area contributed by atoms with Crippen LogP contribution < -0.4 is 5.32 Å². The summed E-state index contributed by atoms with van der Waals surface area (Å²) in [6, 6.07) is 17.5. The zero-order chi connectivity index (χ0) is 22.5. The Morgan fingerprint density at radius 2 is 1.73 bits per heavy atom. The lowest BCUT2D eigenvalue weighted by Gasteiger charge is -2.17. The van der Waals surface area contributed by atoms with Crippen molar-refractivity contribution in [3.05, 3.63) is 77.4 Å². The molecule has 6 heteroatoms. The van der Waals surface area contributed by atoms with Crippen LogP contribution in [0.3, 0.4) is 0 Å². The zero-order valence-corrected chi connectivity index (χ0v) is 20.6. The van der Waals surface area contributed by atoms with Crippen molar-refractivity contribution in [3.63, 3.8) is 0 Å². The van der Waals surface area contributed by atoms with Gasteiger partial charge in [0.15, 0.2) is 0 Å². The number of aromatic nitrogens is 2. The van der Waals surface area contributed by atoms with E-state index in [4.69, 9.17) is 4.98 Å². The lowest BCUT2D eigenvalue weighted by molar-refractivity contribution is 0.298. The maximum atomic E-state index is 13.4. The van der Waals surface area contributed by atoms with E-state index in [-0.39, 0.29) is 18.2 Å². The van der Waals surface area contributed by atoms with Crippen molar-refractivity contribution < 1.29 is 4.39 Å². The monoisotopic (exact) mass is 468 g/mol. The minimum atomic E-state index is -0.206. The van der Waals surface area contributed by atoms with E-state index in [0.29, 0.717) is 6.54 Å². The van der Waals surface area contributed by atoms with Gasteiger partial charge in [0.25, 0.3) is 0 Å². The molecule has 33 heavy (non-hydrogen) atoms. The Labute approximate surface area is 202 Å². The highest BCUT2D eigenvalue weighted by atomic mass is 35.5. The summed E-state index contributed by atoms with van der Waals surface area (Å²) < 4.78 is 15.7. The molecule has 176 valence electrons. The molecule has 0 fully saturated rings. The Morgan fingerprint density at radius 3 is 2.45 bits per heavy atom. The summed E-state index contributed by atoms with van der Waals surface area (Å²) in [4.78, 5) is 7.37. The van der Waals surface area contributed by atoms with E-state index in [1.807, 2.05) is 12.1 Å². The van der Waals surface area contributed by atoms with E-state index in [1.165, 1.54) is 28.4 Å². The molecule has 0 aliphatic rings. The van der Waals surface area contributed by atoms with Gasteiger partial charge in [0, 0.05) is 29.4 Å². The Balaban J connectivity index is 0.00000306. The Morgan fingerprint density at radius 1 is 1.00 bits per heavy atom. The third-order valence-corrected chi connectivity index (χ3v) is 6.26. The van der Waals surface area contributed by atoms with Gasteiger partial charge in [-0.15, -0.1) is 12.4 Å². The summed E-state index contributed by atoms with van der Waals surface area (Å²) in [5.41, 5.74) is 5.51. The van der Waals surface area contributed by atoms with Crippen LogP contribution in [0, 0.1) is 12.7 Å². The number of benzene rings is 2. The Bertz CT molecular complexity index is 1180. The van der Waals surface area contributed by atoms with Crippen LogP contribution in [0.1, 0.15) is 37.2 Å². The second-order valence-electron chi connectivity index (χ2n) is 8.38. The van der Waals surface area contributed by atoms with Crippen LogP contribution in [0.4, 0.5) is 4.39 Å². The van der Waals surface area contributed by atoms with Crippen molar-refractivity contribution in [1.82, 2.24) is 19.8 Å². The van der Waals surface area contributed by atoms with E-state index in [0.717, 1.165) is 61.6 Å². The summed E-state index contributed by atoms with van der Waals surface area (Å²) >= 11 is 0. The van der Waals surface area contributed by atoms with Crippen molar-refractivity contribution in [2.75, 3.05) is 26.2 Å². The lowest BCUT2D eigenvalue weighted by Crippen LogP contribution is -2.27. The molecule has 0 saturated carbocycles. The number of halogens is 2. The smallest absolute Gasteiger partial charge is 0.123 e. The van der Waals surface area contributed by atoms with Crippen LogP contribution in [-0.4, -0.2) is 40.6 Å². The van der Waals surface area contributed by atoms with Gasteiger partial charge in [-0.3, -0.25) is 4.98 Å². The predicted molar refractivity (Wildman–Crippen MR) is 139 cm³/mol. The highest BCUT2D eigenvalue weighted by Gasteiger charge is 2.15. The highest BCUT2D eigenvalue weighted by Crippen LogP contribution is 2.31. The molecule has 1 N–H and O–H groups in total. The molecule has 0 aliphatic carbocycles. The number of hydrogen-bond donors (Lipinski definition) is 1. The van der Waals surface area contributed by atoms with Crippen molar-refractivity contribution in [2.24, 2.45) is 0 Å². The number of aryl methyl sites for hydroxylation is 1. The SMILES string of the molecule is CCN(CC)CCCNCc1cc2c3ccccc3n(Cc3ccc(F)cc3)c2c(C)n1.Cl. The van der Waals surface area contributed by atoms with Gasteiger partial charge in [-0.2, -0.15) is 0 Å². The number of hydrogen-bond acceptors (Lipinski definition) is 3. The summed E-state index contributed by atoms with van der Waals surface area (Å²) in [7, 11) is 0. The van der Waals surface area contributed by atoms with Crippen LogP contribution in [0.25, 0.3) is 21.8 Å². The molecule has 0 unspecified atom stereocenters.